The van der Waals surface area contributed by atoms with Crippen LogP contribution in [0.1, 0.15) is 23.1 Å². The first-order valence-corrected chi connectivity index (χ1v) is 5.82. The Kier molecular flexibility index (Phi) is 3.74. The van der Waals surface area contributed by atoms with Gasteiger partial charge in [-0.3, -0.25) is 4.98 Å². The number of hydrogen-bond acceptors (Lipinski definition) is 4. The Morgan fingerprint density at radius 2 is 1.90 bits per heavy atom. The van der Waals surface area contributed by atoms with Crippen molar-refractivity contribution in [2.24, 2.45) is 0 Å². The van der Waals surface area contributed by atoms with Crippen molar-refractivity contribution in [1.29, 1.82) is 0 Å². The van der Waals surface area contributed by atoms with E-state index in [1.54, 1.807) is 30.3 Å². The van der Waals surface area contributed by atoms with E-state index in [9.17, 15) is 13.6 Å². The van der Waals surface area contributed by atoms with Crippen molar-refractivity contribution in [1.82, 2.24) is 9.97 Å². The molecule has 0 spiro atoms. The number of methoxy groups -OCH3 is 1. The second-order valence-corrected chi connectivity index (χ2v) is 4.20. The Hall–Kier alpha value is -2.37. The third kappa shape index (κ3) is 2.79. The number of halogens is 2. The number of ether oxygens (including phenoxy) is 1. The van der Waals surface area contributed by atoms with Gasteiger partial charge in [0.25, 0.3) is 5.92 Å². The highest BCUT2D eigenvalue weighted by molar-refractivity contribution is 5.87. The maximum atomic E-state index is 13.6. The zero-order valence-electron chi connectivity index (χ0n) is 10.9. The van der Waals surface area contributed by atoms with E-state index in [2.05, 4.69) is 14.7 Å². The van der Waals surface area contributed by atoms with Crippen LogP contribution in [0.25, 0.3) is 11.3 Å². The summed E-state index contributed by atoms with van der Waals surface area (Å²) in [6.45, 7) is 0.737. The van der Waals surface area contributed by atoms with Crippen molar-refractivity contribution in [2.45, 2.75) is 12.8 Å². The molecule has 0 aliphatic heterocycles. The average Bonchev–Trinajstić information content (AvgIpc) is 2.45. The molecule has 6 heteroatoms. The molecule has 0 saturated carbocycles. The molecule has 1 heterocycles. The number of esters is 1. The maximum Gasteiger partial charge on any atom is 0.358 e. The van der Waals surface area contributed by atoms with Crippen molar-refractivity contribution in [3.05, 3.63) is 47.9 Å². The molecule has 0 fully saturated rings. The van der Waals surface area contributed by atoms with Gasteiger partial charge in [-0.1, -0.05) is 30.3 Å². The molecule has 0 amide bonds. The molecule has 2 aromatic rings. The van der Waals surface area contributed by atoms with Gasteiger partial charge >= 0.3 is 5.97 Å². The molecule has 104 valence electrons. The van der Waals surface area contributed by atoms with E-state index >= 15 is 0 Å². The van der Waals surface area contributed by atoms with E-state index in [1.807, 2.05) is 0 Å². The second kappa shape index (κ2) is 5.32. The first kappa shape index (κ1) is 14.0. The molecular weight excluding hydrogens is 266 g/mol. The Morgan fingerprint density at radius 3 is 2.45 bits per heavy atom. The third-order valence-corrected chi connectivity index (χ3v) is 2.63. The summed E-state index contributed by atoms with van der Waals surface area (Å²) in [5.74, 6) is -3.88. The highest BCUT2D eigenvalue weighted by Crippen LogP contribution is 2.32. The molecule has 0 N–H and O–H groups in total. The number of alkyl halides is 2. The highest BCUT2D eigenvalue weighted by atomic mass is 19.3. The Balaban J connectivity index is 2.64. The molecule has 0 saturated heterocycles. The van der Waals surface area contributed by atoms with Crippen molar-refractivity contribution >= 4 is 5.97 Å². The van der Waals surface area contributed by atoms with E-state index in [0.29, 0.717) is 5.56 Å². The quantitative estimate of drug-likeness (QED) is 0.810. The monoisotopic (exact) mass is 278 g/mol. The molecular formula is C14H12F2N2O2. The molecule has 0 aliphatic rings. The summed E-state index contributed by atoms with van der Waals surface area (Å²) in [5.41, 5.74) is -0.154. The van der Waals surface area contributed by atoms with Crippen LogP contribution in [-0.2, 0) is 10.7 Å². The standard InChI is InChI=1S/C14H12F2N2O2/c1-14(15,16)12-11(9-6-4-3-5-7-9)18-10(8-17-12)13(19)20-2/h3-8H,1-2H3. The fourth-order valence-corrected chi connectivity index (χ4v) is 1.71. The van der Waals surface area contributed by atoms with Crippen LogP contribution in [0.15, 0.2) is 36.5 Å². The average molecular weight is 278 g/mol. The number of carbonyl (C=O) groups excluding carboxylic acids is 1. The van der Waals surface area contributed by atoms with Gasteiger partial charge in [-0.25, -0.2) is 9.78 Å². The molecule has 4 nitrogen and oxygen atoms in total. The highest BCUT2D eigenvalue weighted by Gasteiger charge is 2.31. The Morgan fingerprint density at radius 1 is 1.25 bits per heavy atom. The van der Waals surface area contributed by atoms with Gasteiger partial charge in [0.1, 0.15) is 5.69 Å². The lowest BCUT2D eigenvalue weighted by molar-refractivity contribution is 0.0129. The van der Waals surface area contributed by atoms with Crippen LogP contribution in [0.5, 0.6) is 0 Å². The molecule has 0 atom stereocenters. The lowest BCUT2D eigenvalue weighted by Crippen LogP contribution is -2.16. The zero-order valence-corrected chi connectivity index (χ0v) is 10.9. The fraction of sp³-hybridized carbons (Fsp3) is 0.214. The summed E-state index contributed by atoms with van der Waals surface area (Å²) in [5, 5.41) is 0. The summed E-state index contributed by atoms with van der Waals surface area (Å²) >= 11 is 0. The maximum absolute atomic E-state index is 13.6. The van der Waals surface area contributed by atoms with Crippen LogP contribution >= 0.6 is 0 Å². The minimum atomic E-state index is -3.16. The smallest absolute Gasteiger partial charge is 0.358 e. The Labute approximate surface area is 114 Å². The number of carbonyl (C=O) groups is 1. The van der Waals surface area contributed by atoms with Gasteiger partial charge in [-0.05, 0) is 0 Å². The number of hydrogen-bond donors (Lipinski definition) is 0. The topological polar surface area (TPSA) is 52.1 Å². The van der Waals surface area contributed by atoms with Crippen molar-refractivity contribution in [3.8, 4) is 11.3 Å². The summed E-state index contributed by atoms with van der Waals surface area (Å²) in [7, 11) is 1.19. The van der Waals surface area contributed by atoms with E-state index in [4.69, 9.17) is 0 Å². The zero-order chi connectivity index (χ0) is 14.8. The summed E-state index contributed by atoms with van der Waals surface area (Å²) in [6, 6.07) is 8.39. The van der Waals surface area contributed by atoms with Crippen LogP contribution < -0.4 is 0 Å². The molecule has 2 rings (SSSR count). The van der Waals surface area contributed by atoms with Crippen LogP contribution in [-0.4, -0.2) is 23.0 Å². The molecule has 1 aromatic heterocycles. The van der Waals surface area contributed by atoms with Crippen molar-refractivity contribution in [2.75, 3.05) is 7.11 Å². The van der Waals surface area contributed by atoms with Gasteiger partial charge in [0.15, 0.2) is 5.69 Å². The SMILES string of the molecule is COC(=O)c1cnc(C(C)(F)F)c(-c2ccccc2)n1. The number of rotatable bonds is 3. The predicted molar refractivity (Wildman–Crippen MR) is 68.4 cm³/mol. The van der Waals surface area contributed by atoms with Crippen LogP contribution in [0.3, 0.4) is 0 Å². The van der Waals surface area contributed by atoms with Gasteiger partial charge in [0.2, 0.25) is 0 Å². The summed E-state index contributed by atoms with van der Waals surface area (Å²) in [4.78, 5) is 19.1. The van der Waals surface area contributed by atoms with Crippen LogP contribution in [0, 0.1) is 0 Å². The van der Waals surface area contributed by atoms with Crippen molar-refractivity contribution in [3.63, 3.8) is 0 Å². The lowest BCUT2D eigenvalue weighted by atomic mass is 10.1. The fourth-order valence-electron chi connectivity index (χ4n) is 1.71. The molecule has 0 radical (unpaired) electrons. The van der Waals surface area contributed by atoms with E-state index in [0.717, 1.165) is 13.1 Å². The van der Waals surface area contributed by atoms with E-state index in [1.165, 1.54) is 7.11 Å². The van der Waals surface area contributed by atoms with E-state index in [-0.39, 0.29) is 11.4 Å². The minimum Gasteiger partial charge on any atom is -0.464 e. The number of aromatic nitrogens is 2. The molecule has 0 bridgehead atoms. The first-order chi connectivity index (χ1) is 9.43. The lowest BCUT2D eigenvalue weighted by Gasteiger charge is -2.14. The van der Waals surface area contributed by atoms with Crippen molar-refractivity contribution < 1.29 is 18.3 Å². The summed E-state index contributed by atoms with van der Waals surface area (Å²) < 4.78 is 31.7. The number of benzene rings is 1. The molecule has 0 aliphatic carbocycles. The predicted octanol–water partition coefficient (Wildman–Crippen LogP) is 3.04. The minimum absolute atomic E-state index is 0.0269. The normalized spacial score (nSPS) is 11.2. The van der Waals surface area contributed by atoms with Crippen LogP contribution in [0.2, 0.25) is 0 Å². The first-order valence-electron chi connectivity index (χ1n) is 5.82. The van der Waals surface area contributed by atoms with Gasteiger partial charge in [0.05, 0.1) is 19.0 Å². The van der Waals surface area contributed by atoms with E-state index < -0.39 is 17.6 Å². The molecule has 20 heavy (non-hydrogen) atoms. The second-order valence-electron chi connectivity index (χ2n) is 4.20. The largest absolute Gasteiger partial charge is 0.464 e. The van der Waals surface area contributed by atoms with Gasteiger partial charge in [-0.2, -0.15) is 8.78 Å². The number of nitrogens with zero attached hydrogens (tertiary/aromatic N) is 2. The summed E-state index contributed by atoms with van der Waals surface area (Å²) in [6.07, 6.45) is 0.991. The Bertz CT molecular complexity index is 625. The van der Waals surface area contributed by atoms with Gasteiger partial charge in [-0.15, -0.1) is 0 Å². The van der Waals surface area contributed by atoms with Crippen LogP contribution in [0.4, 0.5) is 8.78 Å². The molecule has 0 unspecified atom stereocenters. The van der Waals surface area contributed by atoms with Gasteiger partial charge < -0.3 is 4.74 Å². The van der Waals surface area contributed by atoms with Gasteiger partial charge in [0, 0.05) is 12.5 Å². The third-order valence-electron chi connectivity index (χ3n) is 2.63. The molecule has 1 aromatic carbocycles.